The molecule has 1 atom stereocenters. The standard InChI is InChI=1S/C21H21ClN2O2S/c1-13-7-4-5-10-18(13)21-24-14(2)19(27-21)12-23-20(25)15(3)26-17-9-6-8-16(22)11-17/h4-11,15H,12H2,1-3H3,(H,23,25). The molecule has 0 fully saturated rings. The number of ether oxygens (including phenoxy) is 1. The van der Waals surface area contributed by atoms with Crippen LogP contribution in [0.2, 0.25) is 5.02 Å². The first-order valence-electron chi connectivity index (χ1n) is 8.66. The molecule has 140 valence electrons. The third-order valence-electron chi connectivity index (χ3n) is 4.17. The second-order valence-corrected chi connectivity index (χ2v) is 7.80. The molecular formula is C21H21ClN2O2S. The third-order valence-corrected chi connectivity index (χ3v) is 5.60. The van der Waals surface area contributed by atoms with Gasteiger partial charge in [0.1, 0.15) is 10.8 Å². The zero-order chi connectivity index (χ0) is 19.4. The molecule has 0 radical (unpaired) electrons. The number of carbonyl (C=O) groups excluding carboxylic acids is 1. The molecule has 2 aromatic carbocycles. The fourth-order valence-electron chi connectivity index (χ4n) is 2.63. The summed E-state index contributed by atoms with van der Waals surface area (Å²) in [5, 5.41) is 4.47. The number of aromatic nitrogens is 1. The van der Waals surface area contributed by atoms with Crippen LogP contribution in [-0.2, 0) is 11.3 Å². The normalized spacial score (nSPS) is 11.9. The molecule has 1 aromatic heterocycles. The van der Waals surface area contributed by atoms with Crippen molar-refractivity contribution < 1.29 is 9.53 Å². The van der Waals surface area contributed by atoms with E-state index >= 15 is 0 Å². The van der Waals surface area contributed by atoms with Crippen molar-refractivity contribution in [1.82, 2.24) is 10.3 Å². The number of nitrogens with one attached hydrogen (secondary N) is 1. The predicted molar refractivity (Wildman–Crippen MR) is 110 cm³/mol. The maximum absolute atomic E-state index is 12.4. The maximum Gasteiger partial charge on any atom is 0.261 e. The first-order chi connectivity index (χ1) is 12.9. The summed E-state index contributed by atoms with van der Waals surface area (Å²) >= 11 is 7.55. The molecule has 4 nitrogen and oxygen atoms in total. The minimum Gasteiger partial charge on any atom is -0.481 e. The Morgan fingerprint density at radius 2 is 2.00 bits per heavy atom. The van der Waals surface area contributed by atoms with Gasteiger partial charge in [0.25, 0.3) is 5.91 Å². The van der Waals surface area contributed by atoms with E-state index in [2.05, 4.69) is 29.4 Å². The number of carbonyl (C=O) groups is 1. The number of aryl methyl sites for hydroxylation is 2. The van der Waals surface area contributed by atoms with Gasteiger partial charge in [-0.2, -0.15) is 0 Å². The Labute approximate surface area is 168 Å². The monoisotopic (exact) mass is 400 g/mol. The Bertz CT molecular complexity index is 955. The second-order valence-electron chi connectivity index (χ2n) is 6.28. The van der Waals surface area contributed by atoms with Gasteiger partial charge in [0.2, 0.25) is 0 Å². The topological polar surface area (TPSA) is 51.2 Å². The lowest BCUT2D eigenvalue weighted by Gasteiger charge is -2.14. The van der Waals surface area contributed by atoms with E-state index in [9.17, 15) is 4.79 Å². The highest BCUT2D eigenvalue weighted by Gasteiger charge is 2.17. The van der Waals surface area contributed by atoms with Gasteiger partial charge < -0.3 is 10.1 Å². The van der Waals surface area contributed by atoms with Crippen LogP contribution in [0.4, 0.5) is 0 Å². The molecule has 27 heavy (non-hydrogen) atoms. The van der Waals surface area contributed by atoms with Crippen molar-refractivity contribution in [1.29, 1.82) is 0 Å². The van der Waals surface area contributed by atoms with E-state index in [0.717, 1.165) is 21.1 Å². The third kappa shape index (κ3) is 4.87. The van der Waals surface area contributed by atoms with Crippen LogP contribution in [0.1, 0.15) is 23.1 Å². The molecule has 1 amide bonds. The molecule has 0 aliphatic rings. The van der Waals surface area contributed by atoms with Gasteiger partial charge in [-0.05, 0) is 44.5 Å². The van der Waals surface area contributed by atoms with Crippen LogP contribution in [0.3, 0.4) is 0 Å². The molecule has 0 saturated heterocycles. The highest BCUT2D eigenvalue weighted by Crippen LogP contribution is 2.30. The molecule has 0 aliphatic heterocycles. The summed E-state index contributed by atoms with van der Waals surface area (Å²) in [6, 6.07) is 15.2. The van der Waals surface area contributed by atoms with E-state index in [1.165, 1.54) is 5.56 Å². The summed E-state index contributed by atoms with van der Waals surface area (Å²) in [6.07, 6.45) is -0.618. The Kier molecular flexibility index (Phi) is 6.14. The quantitative estimate of drug-likeness (QED) is 0.621. The summed E-state index contributed by atoms with van der Waals surface area (Å²) in [5.41, 5.74) is 3.24. The zero-order valence-corrected chi connectivity index (χ0v) is 17.0. The van der Waals surface area contributed by atoms with Crippen LogP contribution < -0.4 is 10.1 Å². The Morgan fingerprint density at radius 1 is 1.22 bits per heavy atom. The number of nitrogens with zero attached hydrogens (tertiary/aromatic N) is 1. The fourth-order valence-corrected chi connectivity index (χ4v) is 3.90. The minimum atomic E-state index is -0.618. The van der Waals surface area contributed by atoms with Gasteiger partial charge in [-0.3, -0.25) is 4.79 Å². The lowest BCUT2D eigenvalue weighted by Crippen LogP contribution is -2.35. The second kappa shape index (κ2) is 8.55. The largest absolute Gasteiger partial charge is 0.481 e. The zero-order valence-electron chi connectivity index (χ0n) is 15.5. The summed E-state index contributed by atoms with van der Waals surface area (Å²) < 4.78 is 5.66. The van der Waals surface area contributed by atoms with Crippen molar-refractivity contribution in [3.8, 4) is 16.3 Å². The van der Waals surface area contributed by atoms with Crippen molar-refractivity contribution >= 4 is 28.8 Å². The van der Waals surface area contributed by atoms with E-state index < -0.39 is 6.10 Å². The number of rotatable bonds is 6. The average Bonchev–Trinajstić information content (AvgIpc) is 3.00. The maximum atomic E-state index is 12.4. The Balaban J connectivity index is 1.63. The number of halogens is 1. The van der Waals surface area contributed by atoms with E-state index in [-0.39, 0.29) is 5.91 Å². The van der Waals surface area contributed by atoms with Crippen molar-refractivity contribution in [2.24, 2.45) is 0 Å². The lowest BCUT2D eigenvalue weighted by atomic mass is 10.1. The van der Waals surface area contributed by atoms with Crippen LogP contribution in [0.25, 0.3) is 10.6 Å². The average molecular weight is 401 g/mol. The number of thiazole rings is 1. The first kappa shape index (κ1) is 19.4. The van der Waals surface area contributed by atoms with Gasteiger partial charge in [0.05, 0.1) is 12.2 Å². The molecule has 1 heterocycles. The van der Waals surface area contributed by atoms with E-state index in [1.54, 1.807) is 42.5 Å². The van der Waals surface area contributed by atoms with E-state index in [1.807, 2.05) is 19.1 Å². The van der Waals surface area contributed by atoms with Crippen LogP contribution in [0.15, 0.2) is 48.5 Å². The van der Waals surface area contributed by atoms with E-state index in [0.29, 0.717) is 17.3 Å². The first-order valence-corrected chi connectivity index (χ1v) is 9.85. The van der Waals surface area contributed by atoms with Crippen molar-refractivity contribution in [2.45, 2.75) is 33.4 Å². The number of amides is 1. The van der Waals surface area contributed by atoms with Gasteiger partial charge >= 0.3 is 0 Å². The van der Waals surface area contributed by atoms with E-state index in [4.69, 9.17) is 16.3 Å². The molecule has 0 aliphatic carbocycles. The smallest absolute Gasteiger partial charge is 0.261 e. The van der Waals surface area contributed by atoms with Gasteiger partial charge in [0, 0.05) is 15.5 Å². The van der Waals surface area contributed by atoms with Crippen molar-refractivity contribution in [3.63, 3.8) is 0 Å². The van der Waals surface area contributed by atoms with Gasteiger partial charge in [0.15, 0.2) is 6.10 Å². The predicted octanol–water partition coefficient (Wildman–Crippen LogP) is 5.16. The Morgan fingerprint density at radius 3 is 2.74 bits per heavy atom. The molecule has 3 rings (SSSR count). The highest BCUT2D eigenvalue weighted by molar-refractivity contribution is 7.15. The molecule has 0 saturated carbocycles. The number of hydrogen-bond acceptors (Lipinski definition) is 4. The van der Waals surface area contributed by atoms with Gasteiger partial charge in [-0.25, -0.2) is 4.98 Å². The molecule has 3 aromatic rings. The van der Waals surface area contributed by atoms with Crippen LogP contribution in [0.5, 0.6) is 5.75 Å². The number of hydrogen-bond donors (Lipinski definition) is 1. The van der Waals surface area contributed by atoms with Crippen molar-refractivity contribution in [2.75, 3.05) is 0 Å². The number of benzene rings is 2. The molecule has 6 heteroatoms. The van der Waals surface area contributed by atoms with Crippen molar-refractivity contribution in [3.05, 3.63) is 69.7 Å². The summed E-state index contributed by atoms with van der Waals surface area (Å²) in [4.78, 5) is 18.1. The molecule has 1 unspecified atom stereocenters. The summed E-state index contributed by atoms with van der Waals surface area (Å²) in [6.45, 7) is 6.18. The molecular weight excluding hydrogens is 380 g/mol. The SMILES string of the molecule is Cc1ccccc1-c1nc(C)c(CNC(=O)C(C)Oc2cccc(Cl)c2)s1. The van der Waals surface area contributed by atoms with Crippen LogP contribution in [0, 0.1) is 13.8 Å². The van der Waals surface area contributed by atoms with Gasteiger partial charge in [-0.1, -0.05) is 41.9 Å². The lowest BCUT2D eigenvalue weighted by molar-refractivity contribution is -0.127. The summed E-state index contributed by atoms with van der Waals surface area (Å²) in [7, 11) is 0. The molecule has 0 bridgehead atoms. The molecule has 1 N–H and O–H groups in total. The molecule has 0 spiro atoms. The minimum absolute atomic E-state index is 0.180. The summed E-state index contributed by atoms with van der Waals surface area (Å²) in [5.74, 6) is 0.390. The van der Waals surface area contributed by atoms with Crippen LogP contribution >= 0.6 is 22.9 Å². The van der Waals surface area contributed by atoms with Gasteiger partial charge in [-0.15, -0.1) is 11.3 Å². The fraction of sp³-hybridized carbons (Fsp3) is 0.238. The highest BCUT2D eigenvalue weighted by atomic mass is 35.5. The van der Waals surface area contributed by atoms with Crippen LogP contribution in [-0.4, -0.2) is 17.0 Å². The Hall–Kier alpha value is -2.37.